The van der Waals surface area contributed by atoms with Gasteiger partial charge in [-0.2, -0.15) is 0 Å². The van der Waals surface area contributed by atoms with Gasteiger partial charge in [0.2, 0.25) is 5.78 Å². The molecule has 2 aliphatic heterocycles. The van der Waals surface area contributed by atoms with Crippen LogP contribution in [0, 0.1) is 23.7 Å². The maximum atomic E-state index is 14.5. The van der Waals surface area contributed by atoms with E-state index < -0.39 is 5.66 Å². The second-order valence-corrected chi connectivity index (χ2v) is 16.2. The Kier molecular flexibility index (Phi) is 7.84. The van der Waals surface area contributed by atoms with Crippen LogP contribution in [0.3, 0.4) is 0 Å². The van der Waals surface area contributed by atoms with Crippen LogP contribution in [0.2, 0.25) is 0 Å². The van der Waals surface area contributed by atoms with Crippen molar-refractivity contribution in [1.82, 2.24) is 0 Å². The SMILES string of the molecule is CC(C)CC1(CC(C)C)N=c2/c(=C3/C(=O)C(c4ccc5cccc6c5c4NC(CC(C)C)(CC(C)C)N6)=C3O)ccc3cccc(c23)N1. The monoisotopic (exact) mass is 642 g/mol. The van der Waals surface area contributed by atoms with Crippen LogP contribution in [0.15, 0.2) is 71.4 Å². The topological polar surface area (TPSA) is 85.8 Å². The summed E-state index contributed by atoms with van der Waals surface area (Å²) in [5, 5.41) is 29.3. The van der Waals surface area contributed by atoms with E-state index in [1.54, 1.807) is 0 Å². The number of ketones is 1. The predicted molar refractivity (Wildman–Crippen MR) is 201 cm³/mol. The van der Waals surface area contributed by atoms with Crippen molar-refractivity contribution >= 4 is 55.5 Å². The van der Waals surface area contributed by atoms with Crippen LogP contribution in [0.1, 0.15) is 86.6 Å². The Morgan fingerprint density at radius 2 is 1.21 bits per heavy atom. The number of allylic oxidation sites excluding steroid dienone is 2. The molecular formula is C42H50N4O2. The second-order valence-electron chi connectivity index (χ2n) is 16.2. The maximum Gasteiger partial charge on any atom is 0.201 e. The van der Waals surface area contributed by atoms with Crippen LogP contribution in [-0.2, 0) is 4.79 Å². The first-order valence-corrected chi connectivity index (χ1v) is 17.9. The third kappa shape index (κ3) is 5.34. The van der Waals surface area contributed by atoms with E-state index >= 15 is 0 Å². The Bertz CT molecular complexity index is 2100. The number of Topliss-reactive ketones (excluding diaryl/α,β-unsaturated/α-hetero) is 1. The van der Waals surface area contributed by atoms with Gasteiger partial charge in [0, 0.05) is 32.9 Å². The number of hydrogen-bond donors (Lipinski definition) is 4. The van der Waals surface area contributed by atoms with Crippen LogP contribution in [0.5, 0.6) is 0 Å². The van der Waals surface area contributed by atoms with E-state index in [-0.39, 0.29) is 17.2 Å². The van der Waals surface area contributed by atoms with Crippen molar-refractivity contribution in [2.24, 2.45) is 28.7 Å². The number of benzene rings is 4. The van der Waals surface area contributed by atoms with Crippen molar-refractivity contribution in [3.8, 4) is 0 Å². The Labute approximate surface area is 284 Å². The largest absolute Gasteiger partial charge is 0.506 e. The average Bonchev–Trinajstić information content (AvgIpc) is 2.98. The van der Waals surface area contributed by atoms with Gasteiger partial charge < -0.3 is 21.1 Å². The zero-order valence-corrected chi connectivity index (χ0v) is 29.7. The summed E-state index contributed by atoms with van der Waals surface area (Å²) >= 11 is 0. The molecule has 4 aromatic carbocycles. The number of carbonyl (C=O) groups is 1. The van der Waals surface area contributed by atoms with E-state index in [2.05, 4.69) is 114 Å². The lowest BCUT2D eigenvalue weighted by Crippen LogP contribution is -2.50. The lowest BCUT2D eigenvalue weighted by Gasteiger charge is -2.45. The molecule has 0 fully saturated rings. The summed E-state index contributed by atoms with van der Waals surface area (Å²) in [6.45, 7) is 17.9. The van der Waals surface area contributed by atoms with Crippen LogP contribution in [0.25, 0.3) is 32.7 Å². The summed E-state index contributed by atoms with van der Waals surface area (Å²) < 4.78 is 0. The number of nitrogens with zero attached hydrogens (tertiary/aromatic N) is 1. The van der Waals surface area contributed by atoms with Gasteiger partial charge in [-0.15, -0.1) is 0 Å². The van der Waals surface area contributed by atoms with Gasteiger partial charge in [-0.25, -0.2) is 0 Å². The molecule has 6 nitrogen and oxygen atoms in total. The van der Waals surface area contributed by atoms with Gasteiger partial charge in [0.05, 0.1) is 22.2 Å². The molecule has 0 amide bonds. The van der Waals surface area contributed by atoms with E-state index in [0.29, 0.717) is 40.0 Å². The highest BCUT2D eigenvalue weighted by Gasteiger charge is 2.42. The third-order valence-corrected chi connectivity index (χ3v) is 9.97. The number of rotatable bonds is 9. The lowest BCUT2D eigenvalue weighted by molar-refractivity contribution is -0.109. The predicted octanol–water partition coefficient (Wildman–Crippen LogP) is 9.16. The molecule has 0 spiro atoms. The number of hydrogen-bond acceptors (Lipinski definition) is 6. The maximum absolute atomic E-state index is 14.5. The highest BCUT2D eigenvalue weighted by Crippen LogP contribution is 2.48. The summed E-state index contributed by atoms with van der Waals surface area (Å²) in [5.41, 5.74) is 3.62. The van der Waals surface area contributed by atoms with Crippen molar-refractivity contribution in [2.45, 2.75) is 92.4 Å². The molecule has 0 radical (unpaired) electrons. The van der Waals surface area contributed by atoms with Crippen LogP contribution in [-0.4, -0.2) is 22.2 Å². The first kappa shape index (κ1) is 32.2. The van der Waals surface area contributed by atoms with Gasteiger partial charge in [-0.3, -0.25) is 9.79 Å². The molecule has 3 aliphatic rings. The van der Waals surface area contributed by atoms with Crippen molar-refractivity contribution in [1.29, 1.82) is 0 Å². The van der Waals surface area contributed by atoms with Crippen molar-refractivity contribution in [2.75, 3.05) is 16.0 Å². The van der Waals surface area contributed by atoms with Crippen molar-refractivity contribution in [3.63, 3.8) is 0 Å². The summed E-state index contributed by atoms with van der Waals surface area (Å²) in [7, 11) is 0. The standard InChI is InChI=1S/C42H50N4O2/c1-23(2)19-41(20-24(3)4)43-31-13-9-11-27-15-17-29(37(45-41)33(27)31)35-39(47)36(40(35)48)30-18-16-28-12-10-14-32-34(28)38(30)46-42(44-32,21-25(5)6)22-26(7)8/h9-18,23-26,43-45,47H,19-22H2,1-8H3/b36-30+. The second kappa shape index (κ2) is 11.7. The van der Waals surface area contributed by atoms with Gasteiger partial charge in [0.15, 0.2) is 0 Å². The van der Waals surface area contributed by atoms with Gasteiger partial charge in [-0.1, -0.05) is 104 Å². The molecule has 1 aliphatic carbocycles. The average molecular weight is 643 g/mol. The van der Waals surface area contributed by atoms with Gasteiger partial charge >= 0.3 is 0 Å². The first-order chi connectivity index (χ1) is 22.8. The molecule has 7 rings (SSSR count). The molecule has 0 saturated carbocycles. The molecule has 48 heavy (non-hydrogen) atoms. The lowest BCUT2D eigenvalue weighted by atomic mass is 9.79. The van der Waals surface area contributed by atoms with Crippen molar-refractivity contribution < 1.29 is 9.90 Å². The third-order valence-electron chi connectivity index (χ3n) is 9.97. The molecule has 0 bridgehead atoms. The number of aliphatic hydroxyl groups is 1. The van der Waals surface area contributed by atoms with Gasteiger partial charge in [0.1, 0.15) is 17.1 Å². The zero-order valence-electron chi connectivity index (χ0n) is 29.7. The van der Waals surface area contributed by atoms with E-state index in [1.165, 1.54) is 0 Å². The number of aliphatic hydroxyl groups excluding tert-OH is 1. The number of anilines is 3. The summed E-state index contributed by atoms with van der Waals surface area (Å²) in [6.07, 6.45) is 3.56. The molecular weight excluding hydrogens is 592 g/mol. The van der Waals surface area contributed by atoms with E-state index in [1.807, 2.05) is 18.2 Å². The molecule has 0 saturated heterocycles. The minimum Gasteiger partial charge on any atom is -0.506 e. The van der Waals surface area contributed by atoms with E-state index in [4.69, 9.17) is 4.99 Å². The molecule has 2 heterocycles. The number of nitrogens with one attached hydrogen (secondary N) is 3. The van der Waals surface area contributed by atoms with Gasteiger partial charge in [-0.05, 0) is 72.3 Å². The Morgan fingerprint density at radius 1 is 0.646 bits per heavy atom. The minimum atomic E-state index is -0.499. The molecule has 4 N–H and O–H groups in total. The molecule has 250 valence electrons. The normalized spacial score (nSPS) is 18.7. The molecule has 4 aromatic rings. The fourth-order valence-electron chi connectivity index (χ4n) is 8.84. The summed E-state index contributed by atoms with van der Waals surface area (Å²) in [5.74, 6) is 1.63. The van der Waals surface area contributed by atoms with Crippen LogP contribution >= 0.6 is 0 Å². The Morgan fingerprint density at radius 3 is 1.79 bits per heavy atom. The van der Waals surface area contributed by atoms with E-state index in [0.717, 1.165) is 75.2 Å². The van der Waals surface area contributed by atoms with Crippen LogP contribution < -0.4 is 26.5 Å². The first-order valence-electron chi connectivity index (χ1n) is 17.9. The van der Waals surface area contributed by atoms with E-state index in [9.17, 15) is 9.90 Å². The highest BCUT2D eigenvalue weighted by atomic mass is 16.3. The quantitative estimate of drug-likeness (QED) is 0.146. The smallest absolute Gasteiger partial charge is 0.201 e. The summed E-state index contributed by atoms with van der Waals surface area (Å²) in [4.78, 5) is 19.9. The van der Waals surface area contributed by atoms with Crippen LogP contribution in [0.4, 0.5) is 17.1 Å². The van der Waals surface area contributed by atoms with Crippen molar-refractivity contribution in [3.05, 3.63) is 82.6 Å². The fraction of sp³-hybridized carbons (Fsp3) is 0.429. The summed E-state index contributed by atoms with van der Waals surface area (Å²) in [6, 6.07) is 20.7. The molecule has 0 unspecified atom stereocenters. The Hall–Kier alpha value is -4.32. The Balaban J connectivity index is 1.46. The highest BCUT2D eigenvalue weighted by molar-refractivity contribution is 6.52. The fourth-order valence-corrected chi connectivity index (χ4v) is 8.84. The minimum absolute atomic E-state index is 0.0480. The molecule has 0 aromatic heterocycles. The molecule has 0 atom stereocenters. The number of carbonyl (C=O) groups excluding carboxylic acids is 1. The zero-order chi connectivity index (χ0) is 34.1. The van der Waals surface area contributed by atoms with Gasteiger partial charge in [0.25, 0.3) is 0 Å². The molecule has 6 heteroatoms.